The molecule has 0 radical (unpaired) electrons. The molecule has 2 heterocycles. The zero-order valence-electron chi connectivity index (χ0n) is 61.0. The molecule has 20 aromatic carbocycles. The highest BCUT2D eigenvalue weighted by atomic mass is 16.3. The highest BCUT2D eigenvalue weighted by molar-refractivity contribution is 6.23. The van der Waals surface area contributed by atoms with Crippen LogP contribution in [0.5, 0.6) is 0 Å². The molecule has 0 bridgehead atoms. The lowest BCUT2D eigenvalue weighted by Gasteiger charge is -2.29. The molecule has 0 fully saturated rings. The lowest BCUT2D eigenvalue weighted by molar-refractivity contribution is 0.672. The van der Waals surface area contributed by atoms with Crippen molar-refractivity contribution in [3.05, 3.63) is 413 Å². The molecule has 0 spiro atoms. The first-order valence-corrected chi connectivity index (χ1v) is 38.4. The van der Waals surface area contributed by atoms with Gasteiger partial charge in [0.25, 0.3) is 0 Å². The fourth-order valence-electron chi connectivity index (χ4n) is 17.7. The Hall–Kier alpha value is -14.8. The van der Waals surface area contributed by atoms with Crippen LogP contribution in [0.25, 0.3) is 186 Å². The van der Waals surface area contributed by atoms with Gasteiger partial charge in [0, 0.05) is 44.2 Å². The zero-order chi connectivity index (χ0) is 73.7. The van der Waals surface area contributed by atoms with Gasteiger partial charge in [-0.05, 0) is 229 Å². The smallest absolute Gasteiger partial charge is 0.143 e. The maximum Gasteiger partial charge on any atom is 0.143 e. The van der Waals surface area contributed by atoms with E-state index in [-0.39, 0.29) is 0 Å². The number of hydrogen-bond donors (Lipinski definition) is 0. The van der Waals surface area contributed by atoms with Crippen LogP contribution in [0.1, 0.15) is 0 Å². The van der Waals surface area contributed by atoms with Crippen LogP contribution >= 0.6 is 0 Å². The third-order valence-electron chi connectivity index (χ3n) is 23.0. The van der Waals surface area contributed by atoms with E-state index in [0.29, 0.717) is 0 Å². The Morgan fingerprint density at radius 1 is 0.161 bits per heavy atom. The van der Waals surface area contributed by atoms with E-state index in [0.717, 1.165) is 155 Å². The van der Waals surface area contributed by atoms with Gasteiger partial charge >= 0.3 is 0 Å². The summed E-state index contributed by atoms with van der Waals surface area (Å²) in [5.41, 5.74) is 25.3. The van der Waals surface area contributed by atoms with Crippen molar-refractivity contribution in [3.8, 4) is 77.9 Å². The Morgan fingerprint density at radius 3 is 1.19 bits per heavy atom. The van der Waals surface area contributed by atoms with Crippen molar-refractivity contribution in [2.45, 2.75) is 0 Å². The Labute approximate surface area is 647 Å². The second-order valence-electron chi connectivity index (χ2n) is 29.3. The summed E-state index contributed by atoms with van der Waals surface area (Å²) in [7, 11) is 0. The molecule has 0 saturated carbocycles. The predicted molar refractivity (Wildman–Crippen MR) is 473 cm³/mol. The highest BCUT2D eigenvalue weighted by Crippen LogP contribution is 2.52. The topological polar surface area (TPSA) is 32.8 Å². The van der Waals surface area contributed by atoms with Crippen LogP contribution in [-0.4, -0.2) is 0 Å². The summed E-state index contributed by atoms with van der Waals surface area (Å²) in [4.78, 5) is 4.87. The van der Waals surface area contributed by atoms with Crippen LogP contribution in [0.3, 0.4) is 0 Å². The van der Waals surface area contributed by atoms with Gasteiger partial charge in [-0.2, -0.15) is 0 Å². The lowest BCUT2D eigenvalue weighted by atomic mass is 9.89. The van der Waals surface area contributed by atoms with Crippen LogP contribution in [0.2, 0.25) is 0 Å². The molecule has 4 nitrogen and oxygen atoms in total. The van der Waals surface area contributed by atoms with Crippen molar-refractivity contribution in [3.63, 3.8) is 0 Å². The van der Waals surface area contributed by atoms with Crippen LogP contribution in [0.15, 0.2) is 421 Å². The van der Waals surface area contributed by atoms with E-state index in [4.69, 9.17) is 8.83 Å². The number of anilines is 6. The molecular weight excluding hydrogens is 1360 g/mol. The van der Waals surface area contributed by atoms with E-state index in [1.54, 1.807) is 0 Å². The molecule has 522 valence electrons. The Balaban J connectivity index is 0.717. The monoisotopic (exact) mass is 1420 g/mol. The van der Waals surface area contributed by atoms with E-state index in [1.165, 1.54) is 65.3 Å². The summed E-state index contributed by atoms with van der Waals surface area (Å²) in [6.07, 6.45) is 0. The van der Waals surface area contributed by atoms with Crippen molar-refractivity contribution in [1.29, 1.82) is 0 Å². The third kappa shape index (κ3) is 10.8. The lowest BCUT2D eigenvalue weighted by Crippen LogP contribution is -2.12. The van der Waals surface area contributed by atoms with E-state index in [2.05, 4.69) is 422 Å². The highest BCUT2D eigenvalue weighted by Gasteiger charge is 2.27. The average Bonchev–Trinajstić information content (AvgIpc) is 1.55. The molecule has 0 N–H and O–H groups in total. The predicted octanol–water partition coefficient (Wildman–Crippen LogP) is 31.0. The summed E-state index contributed by atoms with van der Waals surface area (Å²) in [6.45, 7) is 0. The van der Waals surface area contributed by atoms with Crippen LogP contribution < -0.4 is 9.80 Å². The van der Waals surface area contributed by atoms with Gasteiger partial charge in [-0.25, -0.2) is 0 Å². The Morgan fingerprint density at radius 2 is 0.571 bits per heavy atom. The number of fused-ring (bicyclic) bond motifs is 16. The minimum atomic E-state index is 0.804. The van der Waals surface area contributed by atoms with Crippen molar-refractivity contribution in [2.75, 3.05) is 9.80 Å². The second-order valence-corrected chi connectivity index (χ2v) is 29.3. The van der Waals surface area contributed by atoms with Gasteiger partial charge < -0.3 is 18.6 Å². The van der Waals surface area contributed by atoms with E-state index >= 15 is 0 Å². The van der Waals surface area contributed by atoms with E-state index in [1.807, 2.05) is 0 Å². The summed E-state index contributed by atoms with van der Waals surface area (Å²) in [5.74, 6) is 0. The van der Waals surface area contributed by atoms with Crippen molar-refractivity contribution < 1.29 is 8.83 Å². The molecule has 0 aliphatic rings. The molecule has 4 heteroatoms. The van der Waals surface area contributed by atoms with Gasteiger partial charge in [0.2, 0.25) is 0 Å². The molecule has 112 heavy (non-hydrogen) atoms. The maximum absolute atomic E-state index is 7.34. The van der Waals surface area contributed by atoms with Crippen LogP contribution in [0.4, 0.5) is 34.1 Å². The van der Waals surface area contributed by atoms with Crippen molar-refractivity contribution in [1.82, 2.24) is 0 Å². The molecule has 0 atom stereocenters. The first kappa shape index (κ1) is 64.3. The molecule has 0 amide bonds. The second kappa shape index (κ2) is 26.5. The Kier molecular flexibility index (Phi) is 15.2. The molecule has 0 saturated heterocycles. The molecule has 22 rings (SSSR count). The molecule has 2 aromatic heterocycles. The maximum atomic E-state index is 7.34. The molecule has 0 aliphatic heterocycles. The van der Waals surface area contributed by atoms with Gasteiger partial charge in [0.05, 0.1) is 27.8 Å². The summed E-state index contributed by atoms with van der Waals surface area (Å²) in [6, 6.07) is 151. The van der Waals surface area contributed by atoms with E-state index < -0.39 is 0 Å². The molecule has 0 unspecified atom stereocenters. The normalized spacial score (nSPS) is 11.8. The fraction of sp³-hybridized carbons (Fsp3) is 0. The fourth-order valence-corrected chi connectivity index (χ4v) is 17.7. The summed E-state index contributed by atoms with van der Waals surface area (Å²) in [5, 5.41) is 18.4. The standard InChI is InChI=1S/C108H68N2O2/c1-3-22-69(23-4-1)71-50-57-82(58-51-71)109(84-30-19-29-79(64-84)85-33-13-14-37-91(85)99-68-81-28-9-11-32-87(81)90-36-16-18-39-93(90)99)101-40-20-42-103-105(101)95-62-55-76-48-49-77(66-98(76)108(95)112-103)78-56-63-100(97(65-78)75-46-44-74(45-47-75)96-67-80-27-8-10-31-86(80)89-35-15-17-38-92(89)96)110(83-59-52-72(53-60-83)70-24-5-2-6-25-70)102-41-21-43-104-106(102)94-61-54-73-26-7-12-34-88(73)107(94)111-104/h1-68H. The zero-order valence-corrected chi connectivity index (χ0v) is 61.0. The summed E-state index contributed by atoms with van der Waals surface area (Å²) < 4.78 is 14.3. The number of benzene rings is 20. The van der Waals surface area contributed by atoms with Gasteiger partial charge in [-0.1, -0.05) is 309 Å². The molecular formula is C108H68N2O2. The third-order valence-corrected chi connectivity index (χ3v) is 23.0. The van der Waals surface area contributed by atoms with Crippen molar-refractivity contribution in [2.24, 2.45) is 0 Å². The largest absolute Gasteiger partial charge is 0.455 e. The minimum absolute atomic E-state index is 0.804. The molecule has 22 aromatic rings. The van der Waals surface area contributed by atoms with Gasteiger partial charge in [0.1, 0.15) is 22.3 Å². The quantitative estimate of drug-likeness (QED) is 0.108. The van der Waals surface area contributed by atoms with E-state index in [9.17, 15) is 0 Å². The first-order valence-electron chi connectivity index (χ1n) is 38.4. The van der Waals surface area contributed by atoms with Gasteiger partial charge in [0.15, 0.2) is 0 Å². The van der Waals surface area contributed by atoms with Gasteiger partial charge in [-0.15, -0.1) is 0 Å². The number of rotatable bonds is 13. The Bertz CT molecular complexity index is 7480. The van der Waals surface area contributed by atoms with Crippen LogP contribution in [-0.2, 0) is 0 Å². The summed E-state index contributed by atoms with van der Waals surface area (Å²) >= 11 is 0. The number of hydrogen-bond acceptors (Lipinski definition) is 4. The minimum Gasteiger partial charge on any atom is -0.455 e. The number of nitrogens with zero attached hydrogens (tertiary/aromatic N) is 2. The van der Waals surface area contributed by atoms with Crippen molar-refractivity contribution >= 4 is 143 Å². The number of furan rings is 2. The SMILES string of the molecule is c1ccc(-c2ccc(N(c3cccc(-c4ccccc4-c4cc5ccccc5c5ccccc45)c3)c3cccc4oc5c6cc(-c7ccc(N(c8ccc(-c9ccccc9)cc8)c8cccc9oc%10c%11ccccc%11ccc%10c89)c(-c8ccc(-c9cc%10ccccc%10c%10ccccc9%10)cc8)c7)ccc6ccc5c34)cc2)cc1. The van der Waals surface area contributed by atoms with Gasteiger partial charge in [-0.3, -0.25) is 0 Å². The van der Waals surface area contributed by atoms with Crippen LogP contribution in [0, 0.1) is 0 Å². The average molecular weight is 1430 g/mol. The first-order chi connectivity index (χ1) is 55.5. The molecule has 0 aliphatic carbocycles.